The summed E-state index contributed by atoms with van der Waals surface area (Å²) in [6, 6.07) is 0. The summed E-state index contributed by atoms with van der Waals surface area (Å²) in [6.45, 7) is 17.4. The first-order valence-corrected chi connectivity index (χ1v) is 8.57. The first-order valence-electron chi connectivity index (χ1n) is 8.57. The molecule has 0 spiro atoms. The molecule has 0 radical (unpaired) electrons. The minimum absolute atomic E-state index is 0.237. The second kappa shape index (κ2) is 9.00. The Bertz CT molecular complexity index is 212. The van der Waals surface area contributed by atoms with Gasteiger partial charge in [0.05, 0.1) is 0 Å². The quantitative estimate of drug-likeness (QED) is 0.529. The van der Waals surface area contributed by atoms with Crippen LogP contribution >= 0.6 is 0 Å². The zero-order chi connectivity index (χ0) is 14.9. The van der Waals surface area contributed by atoms with E-state index in [4.69, 9.17) is 0 Å². The normalized spacial score (nSPS) is 15.8. The highest BCUT2D eigenvalue weighted by atomic mass is 15.0. The maximum atomic E-state index is 3.78. The topological polar surface area (TPSA) is 12.0 Å². The summed E-state index contributed by atoms with van der Waals surface area (Å²) in [4.78, 5) is 0. The van der Waals surface area contributed by atoms with Gasteiger partial charge in [0.2, 0.25) is 0 Å². The molecular weight excluding hydrogens is 230 g/mol. The summed E-state index contributed by atoms with van der Waals surface area (Å²) in [5, 5.41) is 3.78. The second-order valence-corrected chi connectivity index (χ2v) is 7.45. The highest BCUT2D eigenvalue weighted by molar-refractivity contribution is 4.85. The number of rotatable bonds is 10. The molecule has 116 valence electrons. The van der Waals surface area contributed by atoms with E-state index in [2.05, 4.69) is 53.8 Å². The van der Waals surface area contributed by atoms with Crippen molar-refractivity contribution >= 4 is 0 Å². The van der Waals surface area contributed by atoms with E-state index in [1.54, 1.807) is 0 Å². The van der Waals surface area contributed by atoms with E-state index in [0.717, 1.165) is 5.92 Å². The number of nitrogens with one attached hydrogen (secondary N) is 1. The van der Waals surface area contributed by atoms with Gasteiger partial charge in [0.15, 0.2) is 0 Å². The van der Waals surface area contributed by atoms with Crippen LogP contribution in [-0.2, 0) is 0 Å². The molecule has 0 aliphatic carbocycles. The van der Waals surface area contributed by atoms with Crippen LogP contribution in [0.2, 0.25) is 0 Å². The Morgan fingerprint density at radius 1 is 0.947 bits per heavy atom. The Morgan fingerprint density at radius 2 is 1.53 bits per heavy atom. The molecule has 0 aromatic carbocycles. The van der Waals surface area contributed by atoms with Crippen molar-refractivity contribution in [1.29, 1.82) is 0 Å². The first kappa shape index (κ1) is 19.0. The maximum Gasteiger partial charge on any atom is 0.00967 e. The molecule has 1 unspecified atom stereocenters. The van der Waals surface area contributed by atoms with Crippen LogP contribution in [0.5, 0.6) is 0 Å². The monoisotopic (exact) mass is 269 g/mol. The van der Waals surface area contributed by atoms with Gasteiger partial charge < -0.3 is 5.32 Å². The Labute approximate surface area is 122 Å². The van der Waals surface area contributed by atoms with Crippen molar-refractivity contribution < 1.29 is 0 Å². The highest BCUT2D eigenvalue weighted by Crippen LogP contribution is 2.37. The molecule has 0 aromatic heterocycles. The molecular formula is C18H39N. The summed E-state index contributed by atoms with van der Waals surface area (Å²) in [5.41, 5.74) is 0.751. The van der Waals surface area contributed by atoms with Gasteiger partial charge in [-0.25, -0.2) is 0 Å². The van der Waals surface area contributed by atoms with E-state index in [-0.39, 0.29) is 5.54 Å². The predicted octanol–water partition coefficient (Wildman–Crippen LogP) is 5.79. The third kappa shape index (κ3) is 7.97. The molecule has 1 nitrogen and oxygen atoms in total. The van der Waals surface area contributed by atoms with Crippen LogP contribution in [0.25, 0.3) is 0 Å². The van der Waals surface area contributed by atoms with E-state index < -0.39 is 0 Å². The van der Waals surface area contributed by atoms with Crippen molar-refractivity contribution in [1.82, 2.24) is 5.32 Å². The molecule has 19 heavy (non-hydrogen) atoms. The Kier molecular flexibility index (Phi) is 8.98. The third-order valence-electron chi connectivity index (χ3n) is 4.68. The Balaban J connectivity index is 4.75. The predicted molar refractivity (Wildman–Crippen MR) is 88.7 cm³/mol. The van der Waals surface area contributed by atoms with Crippen LogP contribution in [0.4, 0.5) is 0 Å². The summed E-state index contributed by atoms with van der Waals surface area (Å²) in [5.74, 6) is 0.901. The van der Waals surface area contributed by atoms with Crippen molar-refractivity contribution in [2.75, 3.05) is 6.54 Å². The summed E-state index contributed by atoms with van der Waals surface area (Å²) in [6.07, 6.45) is 9.46. The molecule has 1 atom stereocenters. The molecule has 1 heteroatoms. The average molecular weight is 270 g/mol. The fourth-order valence-corrected chi connectivity index (χ4v) is 2.90. The van der Waals surface area contributed by atoms with Crippen molar-refractivity contribution in [3.05, 3.63) is 0 Å². The lowest BCUT2D eigenvalue weighted by molar-refractivity contribution is 0.155. The van der Waals surface area contributed by atoms with Crippen molar-refractivity contribution in [2.24, 2.45) is 11.3 Å². The lowest BCUT2D eigenvalue weighted by Crippen LogP contribution is -2.44. The van der Waals surface area contributed by atoms with E-state index in [1.807, 2.05) is 0 Å². The van der Waals surface area contributed by atoms with Gasteiger partial charge in [-0.1, -0.05) is 53.4 Å². The van der Waals surface area contributed by atoms with Gasteiger partial charge in [-0.2, -0.15) is 0 Å². The second-order valence-electron chi connectivity index (χ2n) is 7.45. The molecule has 1 N–H and O–H groups in total. The van der Waals surface area contributed by atoms with E-state index in [1.165, 1.54) is 51.5 Å². The zero-order valence-corrected chi connectivity index (χ0v) is 14.7. The van der Waals surface area contributed by atoms with Crippen LogP contribution in [0, 0.1) is 11.3 Å². The summed E-state index contributed by atoms with van der Waals surface area (Å²) < 4.78 is 0. The van der Waals surface area contributed by atoms with Crippen molar-refractivity contribution in [3.63, 3.8) is 0 Å². The van der Waals surface area contributed by atoms with Gasteiger partial charge in [0, 0.05) is 12.1 Å². The van der Waals surface area contributed by atoms with Crippen molar-refractivity contribution in [2.45, 2.75) is 99.0 Å². The average Bonchev–Trinajstić information content (AvgIpc) is 2.37. The minimum atomic E-state index is 0.237. The van der Waals surface area contributed by atoms with Gasteiger partial charge in [0.25, 0.3) is 0 Å². The summed E-state index contributed by atoms with van der Waals surface area (Å²) in [7, 11) is 0. The number of hydrogen-bond donors (Lipinski definition) is 1. The molecule has 0 heterocycles. The molecule has 0 bridgehead atoms. The first-order chi connectivity index (χ1) is 8.82. The van der Waals surface area contributed by atoms with Gasteiger partial charge in [0.1, 0.15) is 0 Å². The lowest BCUT2D eigenvalue weighted by atomic mass is 9.72. The fourth-order valence-electron chi connectivity index (χ4n) is 2.90. The third-order valence-corrected chi connectivity index (χ3v) is 4.68. The van der Waals surface area contributed by atoms with E-state index in [9.17, 15) is 0 Å². The lowest BCUT2D eigenvalue weighted by Gasteiger charge is -2.39. The van der Waals surface area contributed by atoms with Crippen LogP contribution in [0.15, 0.2) is 0 Å². The minimum Gasteiger partial charge on any atom is -0.312 e. The molecule has 0 aliphatic rings. The number of hydrogen-bond acceptors (Lipinski definition) is 1. The fraction of sp³-hybridized carbons (Fsp3) is 1.00. The highest BCUT2D eigenvalue weighted by Gasteiger charge is 2.31. The maximum absolute atomic E-state index is 3.78. The molecule has 0 saturated heterocycles. The standard InChI is InChI=1S/C18H39N/c1-8-12-13-18(11-4,14-16(9-2)10-3)15-19-17(5,6)7/h16,19H,8-15H2,1-7H3. The molecule has 0 aliphatic heterocycles. The molecule has 0 fully saturated rings. The van der Waals surface area contributed by atoms with Crippen LogP contribution in [-0.4, -0.2) is 12.1 Å². The SMILES string of the molecule is CCCCC(CC)(CNC(C)(C)C)CC(CC)CC. The molecule has 0 rings (SSSR count). The van der Waals surface area contributed by atoms with Gasteiger partial charge in [-0.3, -0.25) is 0 Å². The van der Waals surface area contributed by atoms with Crippen LogP contribution in [0.1, 0.15) is 93.4 Å². The van der Waals surface area contributed by atoms with Crippen molar-refractivity contribution in [3.8, 4) is 0 Å². The Hall–Kier alpha value is -0.0400. The van der Waals surface area contributed by atoms with E-state index >= 15 is 0 Å². The largest absolute Gasteiger partial charge is 0.312 e. The molecule has 0 amide bonds. The smallest absolute Gasteiger partial charge is 0.00967 e. The van der Waals surface area contributed by atoms with Crippen LogP contribution < -0.4 is 5.32 Å². The molecule has 0 aromatic rings. The van der Waals surface area contributed by atoms with E-state index in [0.29, 0.717) is 5.41 Å². The van der Waals surface area contributed by atoms with Crippen LogP contribution in [0.3, 0.4) is 0 Å². The van der Waals surface area contributed by atoms with Gasteiger partial charge in [-0.15, -0.1) is 0 Å². The summed E-state index contributed by atoms with van der Waals surface area (Å²) >= 11 is 0. The number of unbranched alkanes of at least 4 members (excludes halogenated alkanes) is 1. The van der Waals surface area contributed by atoms with Gasteiger partial charge >= 0.3 is 0 Å². The Morgan fingerprint density at radius 3 is 1.89 bits per heavy atom. The zero-order valence-electron chi connectivity index (χ0n) is 14.7. The van der Waals surface area contributed by atoms with Gasteiger partial charge in [-0.05, 0) is 51.4 Å². The molecule has 0 saturated carbocycles.